The molecule has 0 bridgehead atoms. The van der Waals surface area contributed by atoms with Crippen LogP contribution in [-0.2, 0) is 13.1 Å². The summed E-state index contributed by atoms with van der Waals surface area (Å²) in [5.74, 6) is -0.352. The normalized spacial score (nSPS) is 10.7. The Hall–Kier alpha value is -2.96. The maximum Gasteiger partial charge on any atom is 0.265 e. The van der Waals surface area contributed by atoms with Crippen LogP contribution in [0.25, 0.3) is 0 Å². The van der Waals surface area contributed by atoms with Crippen LogP contribution >= 0.6 is 11.3 Å². The van der Waals surface area contributed by atoms with Crippen molar-refractivity contribution in [3.63, 3.8) is 0 Å². The molecular formula is C22H23N3O2S. The van der Waals surface area contributed by atoms with E-state index in [0.717, 1.165) is 12.1 Å². The Morgan fingerprint density at radius 1 is 0.929 bits per heavy atom. The van der Waals surface area contributed by atoms with Crippen molar-refractivity contribution in [2.75, 3.05) is 19.4 Å². The van der Waals surface area contributed by atoms with Gasteiger partial charge in [0.25, 0.3) is 11.8 Å². The summed E-state index contributed by atoms with van der Waals surface area (Å²) < 4.78 is 0. The summed E-state index contributed by atoms with van der Waals surface area (Å²) in [7, 11) is 4.07. The average molecular weight is 394 g/mol. The molecule has 1 heterocycles. The molecule has 3 aromatic rings. The smallest absolute Gasteiger partial charge is 0.265 e. The number of thiophene rings is 1. The fraction of sp³-hybridized carbons (Fsp3) is 0.182. The van der Waals surface area contributed by atoms with Gasteiger partial charge in [0.15, 0.2) is 0 Å². The Bertz CT molecular complexity index is 935. The highest BCUT2D eigenvalue weighted by Gasteiger charge is 2.10. The lowest BCUT2D eigenvalue weighted by molar-refractivity contribution is 0.0949. The lowest BCUT2D eigenvalue weighted by Gasteiger charge is -2.11. The predicted molar refractivity (Wildman–Crippen MR) is 114 cm³/mol. The summed E-state index contributed by atoms with van der Waals surface area (Å²) >= 11 is 1.38. The van der Waals surface area contributed by atoms with Gasteiger partial charge in [0.05, 0.1) is 4.88 Å². The van der Waals surface area contributed by atoms with Crippen molar-refractivity contribution in [2.45, 2.75) is 13.1 Å². The molecule has 2 N–H and O–H groups in total. The number of carbonyl (C=O) groups excluding carboxylic acids is 2. The number of rotatable bonds is 7. The van der Waals surface area contributed by atoms with Crippen molar-refractivity contribution in [2.24, 2.45) is 0 Å². The van der Waals surface area contributed by atoms with E-state index in [0.29, 0.717) is 22.7 Å². The van der Waals surface area contributed by atoms with Gasteiger partial charge >= 0.3 is 0 Å². The molecule has 0 aliphatic heterocycles. The Morgan fingerprint density at radius 3 is 2.36 bits per heavy atom. The highest BCUT2D eigenvalue weighted by atomic mass is 32.1. The molecule has 2 aromatic carbocycles. The molecule has 0 saturated carbocycles. The summed E-state index contributed by atoms with van der Waals surface area (Å²) in [5.41, 5.74) is 3.37. The summed E-state index contributed by atoms with van der Waals surface area (Å²) in [6.07, 6.45) is 0. The van der Waals surface area contributed by atoms with E-state index < -0.39 is 0 Å². The van der Waals surface area contributed by atoms with Gasteiger partial charge in [-0.3, -0.25) is 9.59 Å². The molecule has 0 radical (unpaired) electrons. The van der Waals surface area contributed by atoms with E-state index in [2.05, 4.69) is 27.7 Å². The van der Waals surface area contributed by atoms with Crippen molar-refractivity contribution < 1.29 is 9.59 Å². The molecule has 3 rings (SSSR count). The minimum absolute atomic E-state index is 0.176. The molecule has 0 aliphatic rings. The zero-order chi connectivity index (χ0) is 19.9. The van der Waals surface area contributed by atoms with Gasteiger partial charge in [-0.05, 0) is 54.9 Å². The lowest BCUT2D eigenvalue weighted by atomic mass is 10.1. The van der Waals surface area contributed by atoms with E-state index in [1.165, 1.54) is 16.9 Å². The van der Waals surface area contributed by atoms with E-state index in [1.54, 1.807) is 30.3 Å². The van der Waals surface area contributed by atoms with Crippen LogP contribution in [0.15, 0.2) is 66.0 Å². The number of amides is 2. The Kier molecular flexibility index (Phi) is 6.57. The molecular weight excluding hydrogens is 370 g/mol. The standard InChI is InChI=1S/C22H23N3O2S/c1-25(2)15-17-10-8-16(9-11-17)14-23-21(26)18-5-3-6-19(13-18)24-22(27)20-7-4-12-28-20/h3-13H,14-15H2,1-2H3,(H,23,26)(H,24,27). The van der Waals surface area contributed by atoms with Gasteiger partial charge in [-0.15, -0.1) is 11.3 Å². The van der Waals surface area contributed by atoms with E-state index in [-0.39, 0.29) is 11.8 Å². The first-order valence-corrected chi connectivity index (χ1v) is 9.85. The van der Waals surface area contributed by atoms with Crippen LogP contribution in [0.2, 0.25) is 0 Å². The van der Waals surface area contributed by atoms with Crippen LogP contribution in [0.5, 0.6) is 0 Å². The van der Waals surface area contributed by atoms with Crippen LogP contribution in [0, 0.1) is 0 Å². The van der Waals surface area contributed by atoms with Gasteiger partial charge in [0, 0.05) is 24.3 Å². The first-order valence-electron chi connectivity index (χ1n) is 8.97. The van der Waals surface area contributed by atoms with E-state index in [4.69, 9.17) is 0 Å². The Balaban J connectivity index is 1.57. The first kappa shape index (κ1) is 19.8. The molecule has 1 aromatic heterocycles. The van der Waals surface area contributed by atoms with Gasteiger partial charge in [0.1, 0.15) is 0 Å². The number of nitrogens with one attached hydrogen (secondary N) is 2. The average Bonchev–Trinajstić information content (AvgIpc) is 3.22. The molecule has 144 valence electrons. The Morgan fingerprint density at radius 2 is 1.68 bits per heavy atom. The number of hydrogen-bond acceptors (Lipinski definition) is 4. The van der Waals surface area contributed by atoms with Crippen molar-refractivity contribution in [3.05, 3.63) is 87.6 Å². The summed E-state index contributed by atoms with van der Waals surface area (Å²) in [5, 5.41) is 7.60. The topological polar surface area (TPSA) is 61.4 Å². The number of nitrogens with zero attached hydrogens (tertiary/aromatic N) is 1. The first-order chi connectivity index (χ1) is 13.5. The third-order valence-corrected chi connectivity index (χ3v) is 4.97. The molecule has 2 amide bonds. The molecule has 0 aliphatic carbocycles. The second-order valence-corrected chi connectivity index (χ2v) is 7.70. The zero-order valence-electron chi connectivity index (χ0n) is 15.9. The SMILES string of the molecule is CN(C)Cc1ccc(CNC(=O)c2cccc(NC(=O)c3cccs3)c2)cc1. The zero-order valence-corrected chi connectivity index (χ0v) is 16.8. The van der Waals surface area contributed by atoms with Crippen LogP contribution in [-0.4, -0.2) is 30.8 Å². The van der Waals surface area contributed by atoms with Crippen LogP contribution < -0.4 is 10.6 Å². The van der Waals surface area contributed by atoms with Crippen LogP contribution in [0.4, 0.5) is 5.69 Å². The third kappa shape index (κ3) is 5.52. The maximum absolute atomic E-state index is 12.5. The van der Waals surface area contributed by atoms with E-state index in [9.17, 15) is 9.59 Å². The molecule has 5 nitrogen and oxygen atoms in total. The number of anilines is 1. The Labute approximate surface area is 169 Å². The van der Waals surface area contributed by atoms with Gasteiger partial charge in [0.2, 0.25) is 0 Å². The van der Waals surface area contributed by atoms with Gasteiger partial charge in [-0.2, -0.15) is 0 Å². The highest BCUT2D eigenvalue weighted by Crippen LogP contribution is 2.15. The van der Waals surface area contributed by atoms with E-state index >= 15 is 0 Å². The third-order valence-electron chi connectivity index (χ3n) is 4.10. The number of carbonyl (C=O) groups is 2. The summed E-state index contributed by atoms with van der Waals surface area (Å²) in [6.45, 7) is 1.34. The fourth-order valence-electron chi connectivity index (χ4n) is 2.75. The van der Waals surface area contributed by atoms with Crippen molar-refractivity contribution in [3.8, 4) is 0 Å². The van der Waals surface area contributed by atoms with Crippen LogP contribution in [0.3, 0.4) is 0 Å². The predicted octanol–water partition coefficient (Wildman–Crippen LogP) is 3.99. The molecule has 0 unspecified atom stereocenters. The molecule has 0 fully saturated rings. The molecule has 28 heavy (non-hydrogen) atoms. The largest absolute Gasteiger partial charge is 0.348 e. The van der Waals surface area contributed by atoms with Gasteiger partial charge < -0.3 is 15.5 Å². The minimum Gasteiger partial charge on any atom is -0.348 e. The molecule has 6 heteroatoms. The van der Waals surface area contributed by atoms with Crippen molar-refractivity contribution in [1.29, 1.82) is 0 Å². The molecule has 0 saturated heterocycles. The second kappa shape index (κ2) is 9.30. The maximum atomic E-state index is 12.5. The fourth-order valence-corrected chi connectivity index (χ4v) is 3.37. The number of benzene rings is 2. The highest BCUT2D eigenvalue weighted by molar-refractivity contribution is 7.12. The van der Waals surface area contributed by atoms with Gasteiger partial charge in [-0.1, -0.05) is 36.4 Å². The molecule has 0 spiro atoms. The van der Waals surface area contributed by atoms with Crippen molar-refractivity contribution >= 4 is 28.8 Å². The molecule has 0 atom stereocenters. The monoisotopic (exact) mass is 393 g/mol. The lowest BCUT2D eigenvalue weighted by Crippen LogP contribution is -2.23. The van der Waals surface area contributed by atoms with Gasteiger partial charge in [-0.25, -0.2) is 0 Å². The second-order valence-electron chi connectivity index (χ2n) is 6.75. The van der Waals surface area contributed by atoms with Crippen LogP contribution in [0.1, 0.15) is 31.2 Å². The summed E-state index contributed by atoms with van der Waals surface area (Å²) in [6, 6.07) is 18.7. The van der Waals surface area contributed by atoms with Crippen molar-refractivity contribution in [1.82, 2.24) is 10.2 Å². The minimum atomic E-state index is -0.176. The van der Waals surface area contributed by atoms with E-state index in [1.807, 2.05) is 37.7 Å². The summed E-state index contributed by atoms with van der Waals surface area (Å²) in [4.78, 5) is 27.4. The quantitative estimate of drug-likeness (QED) is 0.638. The number of hydrogen-bond donors (Lipinski definition) is 2.